The van der Waals surface area contributed by atoms with Gasteiger partial charge in [-0.1, -0.05) is 60.7 Å². The van der Waals surface area contributed by atoms with Crippen molar-refractivity contribution in [2.75, 3.05) is 6.61 Å². The fourth-order valence-electron chi connectivity index (χ4n) is 3.97. The van der Waals surface area contributed by atoms with E-state index in [-0.39, 0.29) is 0 Å². The van der Waals surface area contributed by atoms with Crippen LogP contribution < -0.4 is 9.47 Å². The van der Waals surface area contributed by atoms with E-state index in [0.717, 1.165) is 47.7 Å². The Labute approximate surface area is 188 Å². The molecule has 0 amide bonds. The Balaban J connectivity index is 1.25. The minimum absolute atomic E-state index is 0.438. The number of aryl methyl sites for hydroxylation is 1. The van der Waals surface area contributed by atoms with Crippen molar-refractivity contribution in [1.29, 1.82) is 0 Å². The predicted molar refractivity (Wildman–Crippen MR) is 129 cm³/mol. The zero-order valence-corrected chi connectivity index (χ0v) is 18.0. The normalized spacial score (nSPS) is 11.1. The molecule has 4 aromatic carbocycles. The third-order valence-electron chi connectivity index (χ3n) is 5.61. The highest BCUT2D eigenvalue weighted by atomic mass is 16.5. The van der Waals surface area contributed by atoms with Gasteiger partial charge in [0.25, 0.3) is 0 Å². The van der Waals surface area contributed by atoms with Gasteiger partial charge in [0.15, 0.2) is 0 Å². The Hall–Kier alpha value is -3.79. The molecule has 0 saturated carbocycles. The van der Waals surface area contributed by atoms with E-state index in [4.69, 9.17) is 14.5 Å². The summed E-state index contributed by atoms with van der Waals surface area (Å²) in [4.78, 5) is 4.84. The van der Waals surface area contributed by atoms with Crippen molar-refractivity contribution < 1.29 is 9.47 Å². The number of para-hydroxylation sites is 3. The number of nitrogens with zero attached hydrogens (tertiary/aromatic N) is 2. The quantitative estimate of drug-likeness (QED) is 0.250. The first kappa shape index (κ1) is 20.1. The Kier molecular flexibility index (Phi) is 6.02. The fraction of sp³-hybridized carbons (Fsp3) is 0.179. The Morgan fingerprint density at radius 1 is 0.656 bits per heavy atom. The maximum atomic E-state index is 6.15. The molecule has 0 radical (unpaired) electrons. The third-order valence-corrected chi connectivity index (χ3v) is 5.61. The molecule has 0 aliphatic rings. The molecule has 0 unspecified atom stereocenters. The summed E-state index contributed by atoms with van der Waals surface area (Å²) in [7, 11) is 0. The lowest BCUT2D eigenvalue weighted by atomic mass is 10.1. The second kappa shape index (κ2) is 9.56. The smallest absolute Gasteiger partial charge is 0.147 e. The van der Waals surface area contributed by atoms with Gasteiger partial charge >= 0.3 is 0 Å². The van der Waals surface area contributed by atoms with Crippen LogP contribution in [0.1, 0.15) is 18.7 Å². The second-order valence-electron chi connectivity index (χ2n) is 7.83. The first-order chi connectivity index (χ1) is 15.9. The molecule has 0 aliphatic heterocycles. The second-order valence-corrected chi connectivity index (χ2v) is 7.83. The van der Waals surface area contributed by atoms with Crippen molar-refractivity contribution in [1.82, 2.24) is 9.55 Å². The number of rotatable bonds is 9. The lowest BCUT2D eigenvalue weighted by Crippen LogP contribution is -2.08. The number of imidazole rings is 1. The molecule has 5 rings (SSSR count). The molecule has 0 N–H and O–H groups in total. The Bertz CT molecular complexity index is 1310. The van der Waals surface area contributed by atoms with Crippen LogP contribution in [0.3, 0.4) is 0 Å². The van der Waals surface area contributed by atoms with Gasteiger partial charge in [-0.05, 0) is 60.0 Å². The van der Waals surface area contributed by atoms with E-state index < -0.39 is 0 Å². The minimum atomic E-state index is 0.438. The van der Waals surface area contributed by atoms with Crippen molar-refractivity contribution in [3.8, 4) is 11.5 Å². The monoisotopic (exact) mass is 422 g/mol. The summed E-state index contributed by atoms with van der Waals surface area (Å²) in [6.07, 6.45) is 1.99. The molecule has 4 nitrogen and oxygen atoms in total. The van der Waals surface area contributed by atoms with Gasteiger partial charge in [-0.25, -0.2) is 4.98 Å². The van der Waals surface area contributed by atoms with Gasteiger partial charge in [0.1, 0.15) is 23.9 Å². The Morgan fingerprint density at radius 2 is 1.44 bits per heavy atom. The van der Waals surface area contributed by atoms with Crippen LogP contribution in [0.25, 0.3) is 21.8 Å². The van der Waals surface area contributed by atoms with Crippen molar-refractivity contribution >= 4 is 21.8 Å². The number of unbranched alkanes of at least 4 members (excludes halogenated alkanes) is 1. The van der Waals surface area contributed by atoms with Gasteiger partial charge in [-0.15, -0.1) is 0 Å². The first-order valence-corrected chi connectivity index (χ1v) is 11.1. The summed E-state index contributed by atoms with van der Waals surface area (Å²) in [5.74, 6) is 2.73. The average Bonchev–Trinajstić information content (AvgIpc) is 3.20. The first-order valence-electron chi connectivity index (χ1n) is 11.1. The van der Waals surface area contributed by atoms with Gasteiger partial charge < -0.3 is 14.0 Å². The summed E-state index contributed by atoms with van der Waals surface area (Å²) in [5, 5.41) is 2.39. The van der Waals surface area contributed by atoms with Crippen LogP contribution in [0.2, 0.25) is 0 Å². The number of ether oxygens (including phenoxy) is 2. The number of fused-ring (bicyclic) bond motifs is 2. The third kappa shape index (κ3) is 4.59. The van der Waals surface area contributed by atoms with Gasteiger partial charge in [0.05, 0.1) is 17.6 Å². The maximum Gasteiger partial charge on any atom is 0.147 e. The van der Waals surface area contributed by atoms with Crippen LogP contribution in [0.5, 0.6) is 11.5 Å². The van der Waals surface area contributed by atoms with Crippen LogP contribution in [0.15, 0.2) is 97.1 Å². The summed E-state index contributed by atoms with van der Waals surface area (Å²) in [6, 6.07) is 32.8. The zero-order chi connectivity index (χ0) is 21.6. The van der Waals surface area contributed by atoms with Crippen LogP contribution in [-0.4, -0.2) is 16.2 Å². The maximum absolute atomic E-state index is 6.15. The molecule has 0 aliphatic carbocycles. The molecule has 5 aromatic rings. The molecule has 0 atom stereocenters. The number of hydrogen-bond acceptors (Lipinski definition) is 3. The standard InChI is InChI=1S/C28H26N2O2/c1-2-12-24(13-3-1)31-19-9-8-18-30-27-15-7-6-14-26(27)29-28(30)21-32-25-17-16-22-10-4-5-11-23(22)20-25/h1-7,10-17,20H,8-9,18-19,21H2. The van der Waals surface area contributed by atoms with Gasteiger partial charge in [-0.2, -0.15) is 0 Å². The molecule has 1 heterocycles. The van der Waals surface area contributed by atoms with E-state index in [1.807, 2.05) is 48.5 Å². The highest BCUT2D eigenvalue weighted by Gasteiger charge is 2.11. The van der Waals surface area contributed by atoms with E-state index in [1.165, 1.54) is 10.8 Å². The zero-order valence-electron chi connectivity index (χ0n) is 18.0. The molecule has 0 fully saturated rings. The molecule has 0 bridgehead atoms. The summed E-state index contributed by atoms with van der Waals surface area (Å²) < 4.78 is 14.3. The Morgan fingerprint density at radius 3 is 2.34 bits per heavy atom. The molecule has 0 spiro atoms. The minimum Gasteiger partial charge on any atom is -0.494 e. The topological polar surface area (TPSA) is 36.3 Å². The lowest BCUT2D eigenvalue weighted by molar-refractivity contribution is 0.285. The molecule has 4 heteroatoms. The van der Waals surface area contributed by atoms with E-state index >= 15 is 0 Å². The predicted octanol–water partition coefficient (Wildman–Crippen LogP) is 6.63. The van der Waals surface area contributed by atoms with E-state index in [9.17, 15) is 0 Å². The average molecular weight is 423 g/mol. The highest BCUT2D eigenvalue weighted by Crippen LogP contribution is 2.23. The number of benzene rings is 4. The van der Waals surface area contributed by atoms with Gasteiger partial charge in [0.2, 0.25) is 0 Å². The highest BCUT2D eigenvalue weighted by molar-refractivity contribution is 5.83. The summed E-state index contributed by atoms with van der Waals surface area (Å²) in [5.41, 5.74) is 2.15. The summed E-state index contributed by atoms with van der Waals surface area (Å²) in [6.45, 7) is 2.03. The number of hydrogen-bond donors (Lipinski definition) is 0. The van der Waals surface area contributed by atoms with E-state index in [1.54, 1.807) is 0 Å². The number of aromatic nitrogens is 2. The molecular weight excluding hydrogens is 396 g/mol. The van der Waals surface area contributed by atoms with Crippen LogP contribution in [-0.2, 0) is 13.2 Å². The molecular formula is C28H26N2O2. The van der Waals surface area contributed by atoms with Gasteiger partial charge in [0, 0.05) is 6.54 Å². The van der Waals surface area contributed by atoms with Crippen molar-refractivity contribution in [3.63, 3.8) is 0 Å². The molecule has 0 saturated heterocycles. The van der Waals surface area contributed by atoms with Crippen LogP contribution in [0.4, 0.5) is 0 Å². The SMILES string of the molecule is c1ccc(OCCCCn2c(COc3ccc4ccccc4c3)nc3ccccc32)cc1. The molecule has 1 aromatic heterocycles. The summed E-state index contributed by atoms with van der Waals surface area (Å²) >= 11 is 0. The van der Waals surface area contributed by atoms with Gasteiger partial charge in [-0.3, -0.25) is 0 Å². The lowest BCUT2D eigenvalue weighted by Gasteiger charge is -2.11. The van der Waals surface area contributed by atoms with E-state index in [2.05, 4.69) is 53.1 Å². The fourth-order valence-corrected chi connectivity index (χ4v) is 3.97. The largest absolute Gasteiger partial charge is 0.494 e. The van der Waals surface area contributed by atoms with Crippen molar-refractivity contribution in [2.45, 2.75) is 26.0 Å². The molecule has 160 valence electrons. The van der Waals surface area contributed by atoms with E-state index in [0.29, 0.717) is 13.2 Å². The van der Waals surface area contributed by atoms with Crippen LogP contribution >= 0.6 is 0 Å². The van der Waals surface area contributed by atoms with Crippen LogP contribution in [0, 0.1) is 0 Å². The molecule has 32 heavy (non-hydrogen) atoms. The van der Waals surface area contributed by atoms with Crippen molar-refractivity contribution in [3.05, 3.63) is 103 Å². The van der Waals surface area contributed by atoms with Crippen molar-refractivity contribution in [2.24, 2.45) is 0 Å².